The van der Waals surface area contributed by atoms with Crippen LogP contribution in [0.5, 0.6) is 0 Å². The second-order valence-electron chi connectivity index (χ2n) is 4.22. The van der Waals surface area contributed by atoms with E-state index >= 15 is 0 Å². The molecule has 0 saturated heterocycles. The summed E-state index contributed by atoms with van der Waals surface area (Å²) < 4.78 is 1.27. The molecule has 0 aliphatic rings. The Morgan fingerprint density at radius 2 is 1.94 bits per heavy atom. The molecule has 94 valence electrons. The van der Waals surface area contributed by atoms with Crippen LogP contribution in [0.2, 0.25) is 0 Å². The number of nitrogens with one attached hydrogen (secondary N) is 1. The molecule has 1 aromatic carbocycles. The van der Waals surface area contributed by atoms with Gasteiger partial charge < -0.3 is 5.84 Å². The Morgan fingerprint density at radius 3 is 2.61 bits per heavy atom. The summed E-state index contributed by atoms with van der Waals surface area (Å²) in [5, 5.41) is 11.5. The average Bonchev–Trinajstić information content (AvgIpc) is 2.72. The molecule has 0 unspecified atom stereocenters. The molecule has 0 saturated carbocycles. The first kappa shape index (κ1) is 12.1. The number of aromatic nitrogens is 3. The van der Waals surface area contributed by atoms with Gasteiger partial charge in [0.2, 0.25) is 0 Å². The Balaban J connectivity index is 2.14. The van der Waals surface area contributed by atoms with E-state index in [-0.39, 0.29) is 0 Å². The molecule has 0 bridgehead atoms. The van der Waals surface area contributed by atoms with Gasteiger partial charge in [0.15, 0.2) is 0 Å². The van der Waals surface area contributed by atoms with Crippen molar-refractivity contribution in [3.8, 4) is 0 Å². The van der Waals surface area contributed by atoms with Crippen molar-refractivity contribution in [3.63, 3.8) is 0 Å². The lowest BCUT2D eigenvalue weighted by Crippen LogP contribution is -2.10. The van der Waals surface area contributed by atoms with Gasteiger partial charge in [0.25, 0.3) is 5.95 Å². The molecule has 0 amide bonds. The van der Waals surface area contributed by atoms with Crippen LogP contribution in [0.1, 0.15) is 22.3 Å². The van der Waals surface area contributed by atoms with Gasteiger partial charge in [0.05, 0.1) is 6.21 Å². The van der Waals surface area contributed by atoms with Crippen molar-refractivity contribution in [2.75, 3.05) is 11.3 Å². The van der Waals surface area contributed by atoms with Crippen LogP contribution < -0.4 is 11.3 Å². The van der Waals surface area contributed by atoms with Crippen LogP contribution in [0.25, 0.3) is 0 Å². The Bertz CT molecular complexity index is 584. The molecule has 0 radical (unpaired) electrons. The summed E-state index contributed by atoms with van der Waals surface area (Å²) in [6.07, 6.45) is 3.15. The van der Waals surface area contributed by atoms with E-state index in [1.807, 2.05) is 0 Å². The highest BCUT2D eigenvalue weighted by molar-refractivity contribution is 5.82. The van der Waals surface area contributed by atoms with Crippen LogP contribution in [0.4, 0.5) is 5.95 Å². The van der Waals surface area contributed by atoms with Crippen LogP contribution in [0, 0.1) is 20.8 Å². The Labute approximate surface area is 106 Å². The summed E-state index contributed by atoms with van der Waals surface area (Å²) in [4.78, 5) is 0. The third-order valence-corrected chi connectivity index (χ3v) is 2.82. The quantitative estimate of drug-likeness (QED) is 0.485. The van der Waals surface area contributed by atoms with Gasteiger partial charge in [-0.15, -0.1) is 10.2 Å². The molecule has 3 N–H and O–H groups in total. The Hall–Kier alpha value is -2.37. The summed E-state index contributed by atoms with van der Waals surface area (Å²) in [7, 11) is 0. The fraction of sp³-hybridized carbons (Fsp3) is 0.250. The largest absolute Gasteiger partial charge is 0.335 e. The second-order valence-corrected chi connectivity index (χ2v) is 4.22. The predicted molar refractivity (Wildman–Crippen MR) is 72.0 cm³/mol. The lowest BCUT2D eigenvalue weighted by Gasteiger charge is -2.05. The number of nitrogens with two attached hydrogens (primary N) is 1. The van der Waals surface area contributed by atoms with Gasteiger partial charge in [-0.1, -0.05) is 6.07 Å². The van der Waals surface area contributed by atoms with E-state index in [0.717, 1.165) is 5.56 Å². The maximum Gasteiger partial charge on any atom is 0.263 e. The minimum absolute atomic E-state index is 0.396. The first-order valence-electron chi connectivity index (χ1n) is 5.60. The molecule has 2 rings (SSSR count). The highest BCUT2D eigenvalue weighted by Gasteiger charge is 2.00. The number of benzene rings is 1. The number of nitrogens with zero attached hydrogens (tertiary/aromatic N) is 4. The molecule has 6 heteroatoms. The minimum atomic E-state index is 0.396. The molecule has 1 heterocycles. The maximum absolute atomic E-state index is 5.55. The van der Waals surface area contributed by atoms with Crippen molar-refractivity contribution in [1.82, 2.24) is 14.9 Å². The van der Waals surface area contributed by atoms with Crippen LogP contribution in [-0.4, -0.2) is 21.1 Å². The molecule has 18 heavy (non-hydrogen) atoms. The number of hydrazone groups is 1. The second kappa shape index (κ2) is 4.87. The summed E-state index contributed by atoms with van der Waals surface area (Å²) >= 11 is 0. The molecule has 6 nitrogen and oxygen atoms in total. The minimum Gasteiger partial charge on any atom is -0.335 e. The van der Waals surface area contributed by atoms with Gasteiger partial charge in [-0.25, -0.2) is 10.1 Å². The van der Waals surface area contributed by atoms with Gasteiger partial charge >= 0.3 is 0 Å². The molecule has 0 fully saturated rings. The molecular weight excluding hydrogens is 228 g/mol. The highest BCUT2D eigenvalue weighted by Crippen LogP contribution is 2.13. The number of hydrogen-bond acceptors (Lipinski definition) is 5. The maximum atomic E-state index is 5.55. The molecule has 2 aromatic rings. The first-order valence-corrected chi connectivity index (χ1v) is 5.60. The zero-order valence-electron chi connectivity index (χ0n) is 10.7. The highest BCUT2D eigenvalue weighted by atomic mass is 15.5. The van der Waals surface area contributed by atoms with E-state index in [1.54, 1.807) is 6.21 Å². The van der Waals surface area contributed by atoms with E-state index in [9.17, 15) is 0 Å². The molecule has 0 aliphatic carbocycles. The standard InChI is InChI=1S/C12H16N6/c1-8-4-10(3)11(5-9(8)2)6-14-16-12-17-15-7-18(12)13/h4-7H,13H2,1-3H3,(H,16,17)/b14-6-. The number of rotatable bonds is 3. The fourth-order valence-corrected chi connectivity index (χ4v) is 1.60. The summed E-state index contributed by atoms with van der Waals surface area (Å²) in [6, 6.07) is 4.24. The third kappa shape index (κ3) is 2.48. The first-order chi connectivity index (χ1) is 8.58. The van der Waals surface area contributed by atoms with Gasteiger partial charge in [-0.3, -0.25) is 0 Å². The van der Waals surface area contributed by atoms with E-state index in [0.29, 0.717) is 5.95 Å². The predicted octanol–water partition coefficient (Wildman–Crippen LogP) is 1.36. The molecule has 0 atom stereocenters. The van der Waals surface area contributed by atoms with Gasteiger partial charge in [0.1, 0.15) is 6.33 Å². The summed E-state index contributed by atoms with van der Waals surface area (Å²) in [5.74, 6) is 5.95. The molecule has 0 spiro atoms. The monoisotopic (exact) mass is 244 g/mol. The fourth-order valence-electron chi connectivity index (χ4n) is 1.60. The number of aryl methyl sites for hydroxylation is 3. The lowest BCUT2D eigenvalue weighted by atomic mass is 10.0. The van der Waals surface area contributed by atoms with Crippen LogP contribution in [0.15, 0.2) is 23.6 Å². The van der Waals surface area contributed by atoms with Gasteiger partial charge in [-0.2, -0.15) is 5.10 Å². The Morgan fingerprint density at radius 1 is 1.22 bits per heavy atom. The van der Waals surface area contributed by atoms with E-state index in [1.165, 1.54) is 27.7 Å². The van der Waals surface area contributed by atoms with E-state index < -0.39 is 0 Å². The number of hydrogen-bond donors (Lipinski definition) is 2. The lowest BCUT2D eigenvalue weighted by molar-refractivity contribution is 0.988. The topological polar surface area (TPSA) is 81.1 Å². The average molecular weight is 244 g/mol. The molecule has 0 aliphatic heterocycles. The van der Waals surface area contributed by atoms with Crippen LogP contribution >= 0.6 is 0 Å². The van der Waals surface area contributed by atoms with Crippen molar-refractivity contribution in [2.24, 2.45) is 5.10 Å². The summed E-state index contributed by atoms with van der Waals surface area (Å²) in [5.41, 5.74) is 7.50. The van der Waals surface area contributed by atoms with Crippen molar-refractivity contribution in [3.05, 3.63) is 40.7 Å². The third-order valence-electron chi connectivity index (χ3n) is 2.82. The zero-order valence-corrected chi connectivity index (χ0v) is 10.7. The van der Waals surface area contributed by atoms with Crippen molar-refractivity contribution in [2.45, 2.75) is 20.8 Å². The number of anilines is 1. The van der Waals surface area contributed by atoms with Crippen LogP contribution in [0.3, 0.4) is 0 Å². The van der Waals surface area contributed by atoms with Crippen molar-refractivity contribution < 1.29 is 0 Å². The van der Waals surface area contributed by atoms with Gasteiger partial charge in [0, 0.05) is 0 Å². The van der Waals surface area contributed by atoms with Gasteiger partial charge in [-0.05, 0) is 49.1 Å². The SMILES string of the molecule is Cc1cc(C)c(/C=N\Nc2nncn2N)cc1C. The zero-order chi connectivity index (χ0) is 13.1. The van der Waals surface area contributed by atoms with E-state index in [4.69, 9.17) is 5.84 Å². The summed E-state index contributed by atoms with van der Waals surface area (Å²) in [6.45, 7) is 6.23. The van der Waals surface area contributed by atoms with Crippen molar-refractivity contribution in [1.29, 1.82) is 0 Å². The Kier molecular flexibility index (Phi) is 3.27. The normalized spacial score (nSPS) is 11.1. The number of nitrogen functional groups attached to an aromatic ring is 1. The van der Waals surface area contributed by atoms with Crippen molar-refractivity contribution >= 4 is 12.2 Å². The molecule has 1 aromatic heterocycles. The van der Waals surface area contributed by atoms with E-state index in [2.05, 4.69) is 53.6 Å². The van der Waals surface area contributed by atoms with Crippen LogP contribution in [-0.2, 0) is 0 Å². The molecular formula is C12H16N6. The smallest absolute Gasteiger partial charge is 0.263 e.